The molecule has 2 N–H and O–H groups in total. The van der Waals surface area contributed by atoms with Crippen molar-refractivity contribution >= 4 is 0 Å². The molecule has 0 saturated heterocycles. The van der Waals surface area contributed by atoms with Gasteiger partial charge in [-0.15, -0.1) is 0 Å². The molecule has 0 aliphatic heterocycles. The number of hydrogen-bond donors (Lipinski definition) is 1. The highest BCUT2D eigenvalue weighted by atomic mass is 16.5. The van der Waals surface area contributed by atoms with Gasteiger partial charge in [0.25, 0.3) is 5.89 Å². The maximum atomic E-state index is 5.58. The molecule has 0 bridgehead atoms. The van der Waals surface area contributed by atoms with Gasteiger partial charge in [-0.25, -0.2) is 0 Å². The van der Waals surface area contributed by atoms with Gasteiger partial charge >= 0.3 is 0 Å². The van der Waals surface area contributed by atoms with E-state index in [0.29, 0.717) is 30.6 Å². The van der Waals surface area contributed by atoms with Gasteiger partial charge < -0.3 is 15.0 Å². The Morgan fingerprint density at radius 2 is 2.16 bits per heavy atom. The van der Waals surface area contributed by atoms with Gasteiger partial charge in [0.2, 0.25) is 5.82 Å². The molecule has 0 aliphatic carbocycles. The minimum Gasteiger partial charge on any atom is -0.368 e. The smallest absolute Gasteiger partial charge is 0.276 e. The molecule has 2 aromatic rings. The van der Waals surface area contributed by atoms with Crippen molar-refractivity contribution in [3.05, 3.63) is 29.7 Å². The van der Waals surface area contributed by atoms with E-state index in [0.717, 1.165) is 5.56 Å². The maximum absolute atomic E-state index is 5.58. The molecule has 102 valence electrons. The molecule has 0 saturated carbocycles. The van der Waals surface area contributed by atoms with Crippen LogP contribution in [-0.2, 0) is 16.9 Å². The summed E-state index contributed by atoms with van der Waals surface area (Å²) in [5.41, 5.74) is 6.53. The highest BCUT2D eigenvalue weighted by Crippen LogP contribution is 2.24. The van der Waals surface area contributed by atoms with E-state index in [1.807, 2.05) is 32.9 Å². The van der Waals surface area contributed by atoms with Crippen molar-refractivity contribution in [1.29, 1.82) is 0 Å². The van der Waals surface area contributed by atoms with E-state index in [2.05, 4.69) is 15.1 Å². The average molecular weight is 262 g/mol. The van der Waals surface area contributed by atoms with E-state index in [1.54, 1.807) is 6.20 Å². The molecule has 0 unspecified atom stereocenters. The number of aromatic nitrogens is 3. The van der Waals surface area contributed by atoms with Crippen molar-refractivity contribution in [1.82, 2.24) is 15.1 Å². The molecule has 2 rings (SSSR count). The second-order valence-corrected chi connectivity index (χ2v) is 4.62. The number of ether oxygens (including phenoxy) is 1. The van der Waals surface area contributed by atoms with Gasteiger partial charge in [0.1, 0.15) is 11.3 Å². The molecule has 0 fully saturated rings. The molecule has 0 aliphatic rings. The monoisotopic (exact) mass is 262 g/mol. The van der Waals surface area contributed by atoms with Crippen molar-refractivity contribution in [3.63, 3.8) is 0 Å². The van der Waals surface area contributed by atoms with Gasteiger partial charge in [0, 0.05) is 19.3 Å². The zero-order valence-corrected chi connectivity index (χ0v) is 11.4. The van der Waals surface area contributed by atoms with Crippen LogP contribution in [0.3, 0.4) is 0 Å². The molecule has 6 heteroatoms. The van der Waals surface area contributed by atoms with Crippen molar-refractivity contribution in [2.75, 3.05) is 6.61 Å². The van der Waals surface area contributed by atoms with Crippen LogP contribution in [0.5, 0.6) is 0 Å². The molecule has 0 atom stereocenters. The molecular formula is C13H18N4O2. The first kappa shape index (κ1) is 13.6. The SMILES string of the molecule is CCOC(C)(C)c1noc(-c2ccc(CN)cn2)n1. The number of pyridine rings is 1. The van der Waals surface area contributed by atoms with Gasteiger partial charge in [0.15, 0.2) is 0 Å². The van der Waals surface area contributed by atoms with Gasteiger partial charge in [-0.1, -0.05) is 11.2 Å². The van der Waals surface area contributed by atoms with Crippen molar-refractivity contribution in [2.45, 2.75) is 32.9 Å². The van der Waals surface area contributed by atoms with E-state index >= 15 is 0 Å². The number of nitrogens with two attached hydrogens (primary N) is 1. The fourth-order valence-corrected chi connectivity index (χ4v) is 1.67. The number of hydrogen-bond acceptors (Lipinski definition) is 6. The van der Waals surface area contributed by atoms with E-state index < -0.39 is 5.60 Å². The van der Waals surface area contributed by atoms with E-state index in [1.165, 1.54) is 0 Å². The van der Waals surface area contributed by atoms with Crippen LogP contribution in [0.15, 0.2) is 22.9 Å². The topological polar surface area (TPSA) is 87.1 Å². The van der Waals surface area contributed by atoms with E-state index in [4.69, 9.17) is 15.0 Å². The number of nitrogens with zero attached hydrogens (tertiary/aromatic N) is 3. The summed E-state index contributed by atoms with van der Waals surface area (Å²) in [4.78, 5) is 8.57. The summed E-state index contributed by atoms with van der Waals surface area (Å²) < 4.78 is 10.8. The van der Waals surface area contributed by atoms with Gasteiger partial charge in [-0.2, -0.15) is 4.98 Å². The molecule has 2 heterocycles. The standard InChI is InChI=1S/C13H18N4O2/c1-4-18-13(2,3)12-16-11(19-17-12)10-6-5-9(7-14)8-15-10/h5-6,8H,4,7,14H2,1-3H3. The summed E-state index contributed by atoms with van der Waals surface area (Å²) in [7, 11) is 0. The lowest BCUT2D eigenvalue weighted by Crippen LogP contribution is -2.23. The normalized spacial score (nSPS) is 11.8. The zero-order valence-electron chi connectivity index (χ0n) is 11.4. The predicted octanol–water partition coefficient (Wildman–Crippen LogP) is 1.86. The summed E-state index contributed by atoms with van der Waals surface area (Å²) in [6, 6.07) is 3.70. The first-order chi connectivity index (χ1) is 9.06. The minimum absolute atomic E-state index is 0.381. The van der Waals surface area contributed by atoms with E-state index in [-0.39, 0.29) is 0 Å². The lowest BCUT2D eigenvalue weighted by atomic mass is 10.1. The van der Waals surface area contributed by atoms with Crippen LogP contribution in [0, 0.1) is 0 Å². The lowest BCUT2D eigenvalue weighted by molar-refractivity contribution is -0.0221. The van der Waals surface area contributed by atoms with E-state index in [9.17, 15) is 0 Å². The summed E-state index contributed by atoms with van der Waals surface area (Å²) in [6.45, 7) is 6.77. The zero-order chi connectivity index (χ0) is 13.9. The van der Waals surface area contributed by atoms with Crippen LogP contribution in [0.2, 0.25) is 0 Å². The van der Waals surface area contributed by atoms with Gasteiger partial charge in [-0.05, 0) is 32.4 Å². The third-order valence-electron chi connectivity index (χ3n) is 2.75. The molecular weight excluding hydrogens is 244 g/mol. The Kier molecular flexibility index (Phi) is 3.92. The largest absolute Gasteiger partial charge is 0.368 e. The molecule has 6 nitrogen and oxygen atoms in total. The van der Waals surface area contributed by atoms with Crippen LogP contribution < -0.4 is 5.73 Å². The van der Waals surface area contributed by atoms with Crippen LogP contribution in [0.25, 0.3) is 11.6 Å². The number of rotatable bonds is 5. The molecule has 0 amide bonds. The van der Waals surface area contributed by atoms with Crippen LogP contribution in [0.4, 0.5) is 0 Å². The molecule has 0 radical (unpaired) electrons. The quantitative estimate of drug-likeness (QED) is 0.885. The maximum Gasteiger partial charge on any atom is 0.276 e. The minimum atomic E-state index is -0.576. The highest BCUT2D eigenvalue weighted by Gasteiger charge is 2.27. The molecule has 19 heavy (non-hydrogen) atoms. The Hall–Kier alpha value is -1.79. The molecule has 2 aromatic heterocycles. The second-order valence-electron chi connectivity index (χ2n) is 4.62. The van der Waals surface area contributed by atoms with Crippen LogP contribution >= 0.6 is 0 Å². The summed E-state index contributed by atoms with van der Waals surface area (Å²) in [5, 5.41) is 3.95. The average Bonchev–Trinajstić information content (AvgIpc) is 2.89. The molecule has 0 spiro atoms. The first-order valence-electron chi connectivity index (χ1n) is 6.20. The van der Waals surface area contributed by atoms with Gasteiger partial charge in [-0.3, -0.25) is 4.98 Å². The fraction of sp³-hybridized carbons (Fsp3) is 0.462. The fourth-order valence-electron chi connectivity index (χ4n) is 1.67. The Morgan fingerprint density at radius 1 is 1.37 bits per heavy atom. The summed E-state index contributed by atoms with van der Waals surface area (Å²) >= 11 is 0. The third-order valence-corrected chi connectivity index (χ3v) is 2.75. The summed E-state index contributed by atoms with van der Waals surface area (Å²) in [5.74, 6) is 0.889. The third kappa shape index (κ3) is 2.97. The summed E-state index contributed by atoms with van der Waals surface area (Å²) in [6.07, 6.45) is 1.70. The Labute approximate surface area is 112 Å². The lowest BCUT2D eigenvalue weighted by Gasteiger charge is -2.19. The van der Waals surface area contributed by atoms with Crippen LogP contribution in [0.1, 0.15) is 32.2 Å². The second kappa shape index (κ2) is 5.46. The Morgan fingerprint density at radius 3 is 2.74 bits per heavy atom. The van der Waals surface area contributed by atoms with Gasteiger partial charge in [0.05, 0.1) is 0 Å². The first-order valence-corrected chi connectivity index (χ1v) is 6.20. The van der Waals surface area contributed by atoms with Crippen molar-refractivity contribution in [2.24, 2.45) is 5.73 Å². The highest BCUT2D eigenvalue weighted by molar-refractivity contribution is 5.46. The van der Waals surface area contributed by atoms with Crippen molar-refractivity contribution in [3.8, 4) is 11.6 Å². The molecule has 0 aromatic carbocycles. The van der Waals surface area contributed by atoms with Crippen molar-refractivity contribution < 1.29 is 9.26 Å². The predicted molar refractivity (Wildman–Crippen MR) is 70.1 cm³/mol. The van der Waals surface area contributed by atoms with Crippen LogP contribution in [-0.4, -0.2) is 21.7 Å². The Bertz CT molecular complexity index is 534. The Balaban J connectivity index is 2.25.